The maximum absolute atomic E-state index is 12.5. The third-order valence-corrected chi connectivity index (χ3v) is 5.00. The molecule has 0 aliphatic carbocycles. The Labute approximate surface area is 164 Å². The summed E-state index contributed by atoms with van der Waals surface area (Å²) in [5.74, 6) is 0.921. The van der Waals surface area contributed by atoms with E-state index in [4.69, 9.17) is 5.73 Å². The van der Waals surface area contributed by atoms with E-state index in [1.165, 1.54) is 6.54 Å². The molecule has 0 saturated carbocycles. The number of carbonyl (C=O) groups is 1. The van der Waals surface area contributed by atoms with Crippen molar-refractivity contribution in [1.29, 1.82) is 0 Å². The van der Waals surface area contributed by atoms with Crippen LogP contribution in [0.25, 0.3) is 0 Å². The van der Waals surface area contributed by atoms with Crippen LogP contribution in [-0.2, 0) is 4.79 Å². The van der Waals surface area contributed by atoms with Crippen LogP contribution in [0.15, 0.2) is 30.3 Å². The molecular formula is C19H33Cl2N3O. The highest BCUT2D eigenvalue weighted by Crippen LogP contribution is 2.21. The molecule has 0 bridgehead atoms. The molecule has 6 heteroatoms. The number of piperidine rings is 1. The quantitative estimate of drug-likeness (QED) is 0.775. The van der Waals surface area contributed by atoms with E-state index >= 15 is 0 Å². The van der Waals surface area contributed by atoms with Crippen LogP contribution in [0, 0.1) is 5.92 Å². The summed E-state index contributed by atoms with van der Waals surface area (Å²) in [5.41, 5.74) is 7.22. The maximum Gasteiger partial charge on any atom is 0.224 e. The lowest BCUT2D eigenvalue weighted by molar-refractivity contribution is -0.133. The SMILES string of the molecule is CCN(CC)CC1CCN(C(=O)CC(N)c2ccccc2)CC1.Cl.Cl. The van der Waals surface area contributed by atoms with Gasteiger partial charge >= 0.3 is 0 Å². The van der Waals surface area contributed by atoms with Crippen molar-refractivity contribution in [2.75, 3.05) is 32.7 Å². The van der Waals surface area contributed by atoms with Crippen LogP contribution >= 0.6 is 24.8 Å². The van der Waals surface area contributed by atoms with Crippen molar-refractivity contribution in [2.24, 2.45) is 11.7 Å². The summed E-state index contributed by atoms with van der Waals surface area (Å²) in [4.78, 5) is 16.9. The van der Waals surface area contributed by atoms with Crippen molar-refractivity contribution in [3.8, 4) is 0 Å². The van der Waals surface area contributed by atoms with Crippen molar-refractivity contribution in [1.82, 2.24) is 9.80 Å². The first-order chi connectivity index (χ1) is 11.1. The zero-order valence-corrected chi connectivity index (χ0v) is 17.0. The second-order valence-electron chi connectivity index (χ2n) is 6.53. The average Bonchev–Trinajstić information content (AvgIpc) is 2.60. The van der Waals surface area contributed by atoms with E-state index in [-0.39, 0.29) is 36.8 Å². The van der Waals surface area contributed by atoms with Gasteiger partial charge in [0.05, 0.1) is 0 Å². The van der Waals surface area contributed by atoms with Gasteiger partial charge in [-0.15, -0.1) is 24.8 Å². The molecular weight excluding hydrogens is 357 g/mol. The molecule has 0 aromatic heterocycles. The molecule has 2 rings (SSSR count). The lowest BCUT2D eigenvalue weighted by Crippen LogP contribution is -2.42. The maximum atomic E-state index is 12.5. The molecule has 0 spiro atoms. The number of nitrogens with two attached hydrogens (primary N) is 1. The molecule has 1 heterocycles. The molecule has 4 nitrogen and oxygen atoms in total. The average molecular weight is 390 g/mol. The minimum atomic E-state index is -0.197. The first-order valence-electron chi connectivity index (χ1n) is 8.94. The van der Waals surface area contributed by atoms with Crippen LogP contribution in [-0.4, -0.2) is 48.4 Å². The Morgan fingerprint density at radius 2 is 1.72 bits per heavy atom. The molecule has 1 saturated heterocycles. The van der Waals surface area contributed by atoms with Gasteiger partial charge < -0.3 is 15.5 Å². The second kappa shape index (κ2) is 12.5. The smallest absolute Gasteiger partial charge is 0.224 e. The number of halogens is 2. The minimum absolute atomic E-state index is 0. The molecule has 1 amide bonds. The van der Waals surface area contributed by atoms with Crippen molar-refractivity contribution >= 4 is 30.7 Å². The van der Waals surface area contributed by atoms with E-state index in [0.717, 1.165) is 50.5 Å². The van der Waals surface area contributed by atoms with E-state index in [1.54, 1.807) is 0 Å². The Bertz CT molecular complexity index is 475. The standard InChI is InChI=1S/C19H31N3O.2ClH/c1-3-21(4-2)15-16-10-12-22(13-11-16)19(23)14-18(20)17-8-6-5-7-9-17;;/h5-9,16,18H,3-4,10-15,20H2,1-2H3;2*1H. The highest BCUT2D eigenvalue weighted by atomic mass is 35.5. The van der Waals surface area contributed by atoms with Gasteiger partial charge in [-0.1, -0.05) is 44.2 Å². The summed E-state index contributed by atoms with van der Waals surface area (Å²) in [5, 5.41) is 0. The third-order valence-electron chi connectivity index (χ3n) is 5.00. The lowest BCUT2D eigenvalue weighted by atomic mass is 9.95. The normalized spacial score (nSPS) is 16.1. The van der Waals surface area contributed by atoms with Gasteiger partial charge in [0.25, 0.3) is 0 Å². The zero-order valence-electron chi connectivity index (χ0n) is 15.4. The Morgan fingerprint density at radius 1 is 1.16 bits per heavy atom. The van der Waals surface area contributed by atoms with Gasteiger partial charge in [-0.3, -0.25) is 4.79 Å². The summed E-state index contributed by atoms with van der Waals surface area (Å²) < 4.78 is 0. The van der Waals surface area contributed by atoms with Gasteiger partial charge in [0.2, 0.25) is 5.91 Å². The van der Waals surface area contributed by atoms with E-state index in [0.29, 0.717) is 6.42 Å². The molecule has 25 heavy (non-hydrogen) atoms. The molecule has 1 aliphatic heterocycles. The topological polar surface area (TPSA) is 49.6 Å². The van der Waals surface area contributed by atoms with Gasteiger partial charge in [0.15, 0.2) is 0 Å². The van der Waals surface area contributed by atoms with Gasteiger partial charge in [-0.2, -0.15) is 0 Å². The fourth-order valence-corrected chi connectivity index (χ4v) is 3.35. The number of amides is 1. The number of benzene rings is 1. The van der Waals surface area contributed by atoms with Crippen molar-refractivity contribution in [2.45, 2.75) is 39.2 Å². The number of hydrogen-bond acceptors (Lipinski definition) is 3. The van der Waals surface area contributed by atoms with Crippen LogP contribution in [0.1, 0.15) is 44.7 Å². The van der Waals surface area contributed by atoms with Crippen LogP contribution in [0.2, 0.25) is 0 Å². The molecule has 2 N–H and O–H groups in total. The number of carbonyl (C=O) groups excluding carboxylic acids is 1. The predicted octanol–water partition coefficient (Wildman–Crippen LogP) is 3.50. The summed E-state index contributed by atoms with van der Waals surface area (Å²) in [6.45, 7) is 9.58. The summed E-state index contributed by atoms with van der Waals surface area (Å²) >= 11 is 0. The Morgan fingerprint density at radius 3 is 2.24 bits per heavy atom. The first kappa shape index (κ1) is 24.2. The molecule has 1 atom stereocenters. The predicted molar refractivity (Wildman–Crippen MR) is 110 cm³/mol. The van der Waals surface area contributed by atoms with E-state index < -0.39 is 0 Å². The molecule has 144 valence electrons. The van der Waals surface area contributed by atoms with E-state index in [1.807, 2.05) is 35.2 Å². The number of rotatable bonds is 7. The highest BCUT2D eigenvalue weighted by Gasteiger charge is 2.25. The van der Waals surface area contributed by atoms with Crippen molar-refractivity contribution < 1.29 is 4.79 Å². The van der Waals surface area contributed by atoms with Gasteiger partial charge in [-0.05, 0) is 37.4 Å². The molecule has 1 aliphatic rings. The molecule has 1 fully saturated rings. The van der Waals surface area contributed by atoms with Crippen molar-refractivity contribution in [3.05, 3.63) is 35.9 Å². The third kappa shape index (κ3) is 7.53. The Balaban J connectivity index is 0.00000288. The second-order valence-corrected chi connectivity index (χ2v) is 6.53. The summed E-state index contributed by atoms with van der Waals surface area (Å²) in [6, 6.07) is 9.70. The monoisotopic (exact) mass is 389 g/mol. The van der Waals surface area contributed by atoms with Gasteiger partial charge in [0, 0.05) is 32.1 Å². The molecule has 1 aromatic carbocycles. The Hall–Kier alpha value is -0.810. The van der Waals surface area contributed by atoms with Crippen LogP contribution in [0.5, 0.6) is 0 Å². The largest absolute Gasteiger partial charge is 0.343 e. The molecule has 1 aromatic rings. The van der Waals surface area contributed by atoms with Gasteiger partial charge in [-0.25, -0.2) is 0 Å². The van der Waals surface area contributed by atoms with Gasteiger partial charge in [0.1, 0.15) is 0 Å². The molecule has 0 radical (unpaired) electrons. The van der Waals surface area contributed by atoms with Crippen LogP contribution in [0.3, 0.4) is 0 Å². The molecule has 1 unspecified atom stereocenters. The minimum Gasteiger partial charge on any atom is -0.343 e. The fourth-order valence-electron chi connectivity index (χ4n) is 3.35. The fraction of sp³-hybridized carbons (Fsp3) is 0.632. The van der Waals surface area contributed by atoms with E-state index in [9.17, 15) is 4.79 Å². The summed E-state index contributed by atoms with van der Waals surface area (Å²) in [7, 11) is 0. The van der Waals surface area contributed by atoms with E-state index in [2.05, 4.69) is 18.7 Å². The summed E-state index contributed by atoms with van der Waals surface area (Å²) in [6.07, 6.45) is 2.64. The van der Waals surface area contributed by atoms with Crippen molar-refractivity contribution in [3.63, 3.8) is 0 Å². The number of hydrogen-bond donors (Lipinski definition) is 1. The van der Waals surface area contributed by atoms with Crippen LogP contribution in [0.4, 0.5) is 0 Å². The number of nitrogens with zero attached hydrogens (tertiary/aromatic N) is 2. The first-order valence-corrected chi connectivity index (χ1v) is 8.94. The zero-order chi connectivity index (χ0) is 16.7. The highest BCUT2D eigenvalue weighted by molar-refractivity contribution is 5.85. The number of likely N-dealkylation sites (tertiary alicyclic amines) is 1. The van der Waals surface area contributed by atoms with Crippen LogP contribution < -0.4 is 5.73 Å². The lowest BCUT2D eigenvalue weighted by Gasteiger charge is -2.35. The Kier molecular flexibility index (Phi) is 12.1.